The van der Waals surface area contributed by atoms with Crippen molar-refractivity contribution in [2.45, 2.75) is 45.8 Å². The fourth-order valence-corrected chi connectivity index (χ4v) is 3.32. The lowest BCUT2D eigenvalue weighted by molar-refractivity contribution is 0.103. The van der Waals surface area contributed by atoms with Crippen LogP contribution in [0.2, 0.25) is 0 Å². The molecule has 3 rings (SSSR count). The number of aromatic nitrogens is 2. The predicted molar refractivity (Wildman–Crippen MR) is 83.5 cm³/mol. The van der Waals surface area contributed by atoms with E-state index in [0.717, 1.165) is 30.8 Å². The Hall–Kier alpha value is -1.72. The van der Waals surface area contributed by atoms with E-state index >= 15 is 0 Å². The van der Waals surface area contributed by atoms with Crippen molar-refractivity contribution in [3.8, 4) is 0 Å². The van der Waals surface area contributed by atoms with E-state index < -0.39 is 6.10 Å². The van der Waals surface area contributed by atoms with E-state index in [-0.39, 0.29) is 6.04 Å². The van der Waals surface area contributed by atoms with Gasteiger partial charge in [0.1, 0.15) is 0 Å². The van der Waals surface area contributed by atoms with Crippen molar-refractivity contribution >= 4 is 0 Å². The smallest absolute Gasteiger partial charge is 0.223 e. The van der Waals surface area contributed by atoms with Crippen molar-refractivity contribution in [2.24, 2.45) is 0 Å². The highest BCUT2D eigenvalue weighted by Gasteiger charge is 2.31. The summed E-state index contributed by atoms with van der Waals surface area (Å²) in [6, 6.07) is 6.39. The molecular weight excluding hydrogens is 278 g/mol. The Balaban J connectivity index is 1.73. The van der Waals surface area contributed by atoms with Crippen molar-refractivity contribution in [3.63, 3.8) is 0 Å². The zero-order valence-electron chi connectivity index (χ0n) is 13.4. The fourth-order valence-electron chi connectivity index (χ4n) is 3.32. The first-order valence-electron chi connectivity index (χ1n) is 7.83. The summed E-state index contributed by atoms with van der Waals surface area (Å²) < 4.78 is 5.10. The van der Waals surface area contributed by atoms with Crippen LogP contribution in [0.1, 0.15) is 53.4 Å². The number of rotatable bonds is 4. The van der Waals surface area contributed by atoms with Crippen LogP contribution >= 0.6 is 0 Å². The molecule has 0 saturated carbocycles. The van der Waals surface area contributed by atoms with Gasteiger partial charge in [-0.2, -0.15) is 4.98 Å². The molecule has 1 aromatic heterocycles. The fraction of sp³-hybridized carbons (Fsp3) is 0.529. The average Bonchev–Trinajstić information content (AvgIpc) is 3.06. The minimum atomic E-state index is -0.493. The van der Waals surface area contributed by atoms with Crippen LogP contribution in [0.25, 0.3) is 0 Å². The van der Waals surface area contributed by atoms with Crippen LogP contribution in [0, 0.1) is 20.8 Å². The van der Waals surface area contributed by atoms with Crippen LogP contribution in [-0.4, -0.2) is 33.2 Å². The molecule has 1 aliphatic rings. The Labute approximate surface area is 131 Å². The van der Waals surface area contributed by atoms with Gasteiger partial charge < -0.3 is 9.63 Å². The van der Waals surface area contributed by atoms with Gasteiger partial charge in [0.15, 0.2) is 5.82 Å². The number of nitrogens with zero attached hydrogens (tertiary/aromatic N) is 3. The third-order valence-corrected chi connectivity index (χ3v) is 4.24. The van der Waals surface area contributed by atoms with E-state index in [4.69, 9.17) is 4.52 Å². The third-order valence-electron chi connectivity index (χ3n) is 4.24. The summed E-state index contributed by atoms with van der Waals surface area (Å²) in [4.78, 5) is 6.61. The Morgan fingerprint density at radius 1 is 1.27 bits per heavy atom. The summed E-state index contributed by atoms with van der Waals surface area (Å²) in [6.07, 6.45) is 1.61. The summed E-state index contributed by atoms with van der Waals surface area (Å²) in [7, 11) is 0. The van der Waals surface area contributed by atoms with Gasteiger partial charge in [0.2, 0.25) is 5.89 Å². The van der Waals surface area contributed by atoms with Crippen molar-refractivity contribution in [1.29, 1.82) is 0 Å². The van der Waals surface area contributed by atoms with E-state index in [1.165, 1.54) is 11.1 Å². The molecule has 0 bridgehead atoms. The summed E-state index contributed by atoms with van der Waals surface area (Å²) >= 11 is 0. The van der Waals surface area contributed by atoms with Crippen molar-refractivity contribution in [2.75, 3.05) is 13.1 Å². The molecule has 22 heavy (non-hydrogen) atoms. The lowest BCUT2D eigenvalue weighted by Crippen LogP contribution is -2.29. The molecule has 2 atom stereocenters. The van der Waals surface area contributed by atoms with Crippen LogP contribution in [0.3, 0.4) is 0 Å². The SMILES string of the molecule is Cc1cc(C)cc([C@H](O)CN2CCC[C@H]2c2noc(C)n2)c1. The number of aryl methyl sites for hydroxylation is 3. The molecule has 2 heterocycles. The largest absolute Gasteiger partial charge is 0.387 e. The highest BCUT2D eigenvalue weighted by Crippen LogP contribution is 2.32. The number of likely N-dealkylation sites (tertiary alicyclic amines) is 1. The van der Waals surface area contributed by atoms with Gasteiger partial charge in [0, 0.05) is 13.5 Å². The molecule has 5 heteroatoms. The Morgan fingerprint density at radius 2 is 2.00 bits per heavy atom. The molecule has 0 amide bonds. The summed E-state index contributed by atoms with van der Waals surface area (Å²) in [6.45, 7) is 7.48. The van der Waals surface area contributed by atoms with Crippen LogP contribution < -0.4 is 0 Å². The lowest BCUT2D eigenvalue weighted by atomic mass is 10.0. The number of aliphatic hydroxyl groups excluding tert-OH is 1. The first kappa shape index (κ1) is 15.2. The van der Waals surface area contributed by atoms with Crippen molar-refractivity contribution < 1.29 is 9.63 Å². The first-order chi connectivity index (χ1) is 10.5. The molecule has 2 aromatic rings. The molecule has 0 radical (unpaired) electrons. The standard InChI is InChI=1S/C17H23N3O2/c1-11-7-12(2)9-14(8-11)16(21)10-20-6-4-5-15(20)17-18-13(3)22-19-17/h7-9,15-16,21H,4-6,10H2,1-3H3/t15-,16+/m0/s1. The van der Waals surface area contributed by atoms with Gasteiger partial charge >= 0.3 is 0 Å². The highest BCUT2D eigenvalue weighted by molar-refractivity contribution is 5.30. The Morgan fingerprint density at radius 3 is 2.64 bits per heavy atom. The second kappa shape index (κ2) is 6.18. The molecule has 0 unspecified atom stereocenters. The van der Waals surface area contributed by atoms with Crippen molar-refractivity contribution in [3.05, 3.63) is 46.6 Å². The third kappa shape index (κ3) is 3.20. The second-order valence-electron chi connectivity index (χ2n) is 6.26. The number of hydrogen-bond acceptors (Lipinski definition) is 5. The van der Waals surface area contributed by atoms with E-state index in [9.17, 15) is 5.11 Å². The van der Waals surface area contributed by atoms with Crippen LogP contribution in [-0.2, 0) is 0 Å². The average molecular weight is 301 g/mol. The van der Waals surface area contributed by atoms with Gasteiger partial charge in [0.25, 0.3) is 0 Å². The maximum atomic E-state index is 10.6. The summed E-state index contributed by atoms with van der Waals surface area (Å²) in [5, 5.41) is 14.6. The molecular formula is C17H23N3O2. The molecule has 0 spiro atoms. The molecule has 1 aromatic carbocycles. The molecule has 118 valence electrons. The van der Waals surface area contributed by atoms with Crippen LogP contribution in [0.5, 0.6) is 0 Å². The molecule has 5 nitrogen and oxygen atoms in total. The predicted octanol–water partition coefficient (Wildman–Crippen LogP) is 2.87. The number of hydrogen-bond donors (Lipinski definition) is 1. The maximum Gasteiger partial charge on any atom is 0.223 e. The molecule has 1 fully saturated rings. The second-order valence-corrected chi connectivity index (χ2v) is 6.26. The van der Waals surface area contributed by atoms with Gasteiger partial charge in [-0.05, 0) is 38.8 Å². The van der Waals surface area contributed by atoms with Gasteiger partial charge in [-0.1, -0.05) is 34.5 Å². The molecule has 1 saturated heterocycles. The Bertz CT molecular complexity index is 633. The van der Waals surface area contributed by atoms with E-state index in [1.807, 2.05) is 0 Å². The van der Waals surface area contributed by atoms with E-state index in [1.54, 1.807) is 6.92 Å². The van der Waals surface area contributed by atoms with E-state index in [2.05, 4.69) is 47.1 Å². The summed E-state index contributed by atoms with van der Waals surface area (Å²) in [5.41, 5.74) is 3.34. The Kier molecular flexibility index (Phi) is 4.27. The minimum absolute atomic E-state index is 0.151. The van der Waals surface area contributed by atoms with Crippen molar-refractivity contribution in [1.82, 2.24) is 15.0 Å². The zero-order chi connectivity index (χ0) is 15.7. The normalized spacial score (nSPS) is 20.5. The topological polar surface area (TPSA) is 62.4 Å². The number of benzene rings is 1. The van der Waals surface area contributed by atoms with E-state index in [0.29, 0.717) is 12.4 Å². The van der Waals surface area contributed by atoms with Gasteiger partial charge in [-0.25, -0.2) is 0 Å². The number of aliphatic hydroxyl groups is 1. The highest BCUT2D eigenvalue weighted by atomic mass is 16.5. The number of β-amino-alcohol motifs (C(OH)–C–C–N with tert-alkyl or cyclic N) is 1. The molecule has 1 aliphatic heterocycles. The van der Waals surface area contributed by atoms with Crippen LogP contribution in [0.15, 0.2) is 22.7 Å². The lowest BCUT2D eigenvalue weighted by Gasteiger charge is -2.25. The van der Waals surface area contributed by atoms with Gasteiger partial charge in [-0.15, -0.1) is 0 Å². The monoisotopic (exact) mass is 301 g/mol. The summed E-state index contributed by atoms with van der Waals surface area (Å²) in [5.74, 6) is 1.33. The molecule has 0 aliphatic carbocycles. The minimum Gasteiger partial charge on any atom is -0.387 e. The quantitative estimate of drug-likeness (QED) is 0.941. The maximum absolute atomic E-state index is 10.6. The van der Waals surface area contributed by atoms with Gasteiger partial charge in [0.05, 0.1) is 12.1 Å². The zero-order valence-corrected chi connectivity index (χ0v) is 13.4. The molecule has 1 N–H and O–H groups in total. The van der Waals surface area contributed by atoms with Gasteiger partial charge in [-0.3, -0.25) is 4.90 Å². The first-order valence-corrected chi connectivity index (χ1v) is 7.83. The van der Waals surface area contributed by atoms with Crippen LogP contribution in [0.4, 0.5) is 0 Å².